The van der Waals surface area contributed by atoms with Gasteiger partial charge in [-0.1, -0.05) is 12.1 Å². The minimum absolute atomic E-state index is 0.0791. The lowest BCUT2D eigenvalue weighted by Crippen LogP contribution is -2.47. The number of hydroxylamine groups is 2. The van der Waals surface area contributed by atoms with Crippen LogP contribution in [-0.4, -0.2) is 70.6 Å². The van der Waals surface area contributed by atoms with E-state index in [1.807, 2.05) is 52.1 Å². The number of rotatable bonds is 7. The molecule has 0 radical (unpaired) electrons. The summed E-state index contributed by atoms with van der Waals surface area (Å²) in [5, 5.41) is 10.9. The molecule has 0 spiro atoms. The van der Waals surface area contributed by atoms with Crippen molar-refractivity contribution in [3.05, 3.63) is 103 Å². The molecule has 5 aromatic heterocycles. The average molecular weight is 600 g/mol. The zero-order chi connectivity index (χ0) is 30.8. The number of anilines is 1. The van der Waals surface area contributed by atoms with Crippen LogP contribution in [0.1, 0.15) is 11.4 Å². The van der Waals surface area contributed by atoms with Crippen LogP contribution in [0.15, 0.2) is 85.3 Å². The SMILES string of the molecule is N#Cc1nccc(ON2CCN(Cc3ccc(-n4c(-c5cccnc5N)nc5ccc(-c6ccc(F)cn6)nc54)cc3)CC2)n1. The number of pyridine rings is 3. The van der Waals surface area contributed by atoms with E-state index in [1.165, 1.54) is 18.5 Å². The molecular weight excluding hydrogens is 573 g/mol. The molecule has 1 saturated heterocycles. The summed E-state index contributed by atoms with van der Waals surface area (Å²) in [6.45, 7) is 3.76. The van der Waals surface area contributed by atoms with Crippen LogP contribution in [0.5, 0.6) is 5.88 Å². The van der Waals surface area contributed by atoms with Crippen molar-refractivity contribution in [2.24, 2.45) is 0 Å². The Kier molecular flexibility index (Phi) is 7.48. The Morgan fingerprint density at radius 1 is 0.844 bits per heavy atom. The second-order valence-electron chi connectivity index (χ2n) is 10.4. The zero-order valence-electron chi connectivity index (χ0n) is 24.0. The number of fused-ring (bicyclic) bond motifs is 1. The summed E-state index contributed by atoms with van der Waals surface area (Å²) in [7, 11) is 0. The van der Waals surface area contributed by atoms with Gasteiger partial charge in [0.15, 0.2) is 11.5 Å². The van der Waals surface area contributed by atoms with E-state index in [2.05, 4.69) is 37.0 Å². The van der Waals surface area contributed by atoms with Crippen LogP contribution in [0, 0.1) is 17.1 Å². The minimum Gasteiger partial charge on any atom is -0.385 e. The fraction of sp³-hybridized carbons (Fsp3) is 0.156. The van der Waals surface area contributed by atoms with Gasteiger partial charge in [-0.2, -0.15) is 10.2 Å². The number of benzene rings is 1. The molecule has 1 aliphatic heterocycles. The van der Waals surface area contributed by atoms with Crippen molar-refractivity contribution in [3.63, 3.8) is 0 Å². The van der Waals surface area contributed by atoms with Gasteiger partial charge in [-0.25, -0.2) is 24.3 Å². The molecule has 1 fully saturated rings. The van der Waals surface area contributed by atoms with Gasteiger partial charge in [0.25, 0.3) is 0 Å². The minimum atomic E-state index is -0.410. The molecule has 6 heterocycles. The topological polar surface area (TPSA) is 148 Å². The number of nitrogens with zero attached hydrogens (tertiary/aromatic N) is 10. The summed E-state index contributed by atoms with van der Waals surface area (Å²) < 4.78 is 15.5. The van der Waals surface area contributed by atoms with E-state index in [1.54, 1.807) is 18.3 Å². The molecule has 7 rings (SSSR count). The Bertz CT molecular complexity index is 2020. The number of aromatic nitrogens is 7. The molecule has 12 nitrogen and oxygen atoms in total. The number of nitriles is 1. The molecular formula is C32H26FN11O. The first-order valence-electron chi connectivity index (χ1n) is 14.2. The Morgan fingerprint density at radius 3 is 2.42 bits per heavy atom. The molecule has 1 aromatic carbocycles. The van der Waals surface area contributed by atoms with Crippen LogP contribution in [0.2, 0.25) is 0 Å². The molecule has 6 aromatic rings. The summed E-state index contributed by atoms with van der Waals surface area (Å²) in [5.74, 6) is 1.00. The van der Waals surface area contributed by atoms with Gasteiger partial charge in [-0.3, -0.25) is 14.5 Å². The van der Waals surface area contributed by atoms with E-state index in [4.69, 9.17) is 25.8 Å². The summed E-state index contributed by atoms with van der Waals surface area (Å²) in [6.07, 6.45) is 4.33. The maximum Gasteiger partial charge on any atom is 0.242 e. The molecule has 0 saturated carbocycles. The Balaban J connectivity index is 1.13. The highest BCUT2D eigenvalue weighted by Gasteiger charge is 2.21. The number of nitrogen functional groups attached to an aromatic ring is 1. The van der Waals surface area contributed by atoms with Gasteiger partial charge in [0.2, 0.25) is 11.7 Å². The summed E-state index contributed by atoms with van der Waals surface area (Å²) >= 11 is 0. The largest absolute Gasteiger partial charge is 0.385 e. The molecule has 45 heavy (non-hydrogen) atoms. The van der Waals surface area contributed by atoms with Crippen molar-refractivity contribution in [2.75, 3.05) is 31.9 Å². The summed E-state index contributed by atoms with van der Waals surface area (Å²) in [5.41, 5.74) is 11.4. The lowest BCUT2D eigenvalue weighted by Gasteiger charge is -2.33. The van der Waals surface area contributed by atoms with E-state index in [0.29, 0.717) is 58.7 Å². The van der Waals surface area contributed by atoms with Crippen LogP contribution >= 0.6 is 0 Å². The number of hydrogen-bond donors (Lipinski definition) is 1. The fourth-order valence-corrected chi connectivity index (χ4v) is 5.23. The lowest BCUT2D eigenvalue weighted by molar-refractivity contribution is -0.0930. The number of piperazine rings is 1. The monoisotopic (exact) mass is 599 g/mol. The molecule has 0 atom stereocenters. The van der Waals surface area contributed by atoms with Crippen molar-refractivity contribution in [3.8, 4) is 40.4 Å². The number of imidazole rings is 1. The van der Waals surface area contributed by atoms with Gasteiger partial charge < -0.3 is 10.6 Å². The van der Waals surface area contributed by atoms with Gasteiger partial charge in [-0.05, 0) is 54.1 Å². The first kappa shape index (κ1) is 28.0. The third-order valence-corrected chi connectivity index (χ3v) is 7.46. The molecule has 0 bridgehead atoms. The number of hydrogen-bond acceptors (Lipinski definition) is 11. The first-order chi connectivity index (χ1) is 22.0. The van der Waals surface area contributed by atoms with Crippen LogP contribution in [0.25, 0.3) is 39.6 Å². The summed E-state index contributed by atoms with van der Waals surface area (Å²) in [6, 6.07) is 22.2. The zero-order valence-corrected chi connectivity index (χ0v) is 24.0. The highest BCUT2D eigenvalue weighted by Crippen LogP contribution is 2.31. The Morgan fingerprint density at radius 2 is 1.67 bits per heavy atom. The van der Waals surface area contributed by atoms with Crippen molar-refractivity contribution in [1.82, 2.24) is 44.4 Å². The van der Waals surface area contributed by atoms with E-state index >= 15 is 0 Å². The van der Waals surface area contributed by atoms with Gasteiger partial charge in [0, 0.05) is 56.9 Å². The third-order valence-electron chi connectivity index (χ3n) is 7.46. The average Bonchev–Trinajstić information content (AvgIpc) is 3.45. The van der Waals surface area contributed by atoms with Crippen LogP contribution < -0.4 is 10.6 Å². The van der Waals surface area contributed by atoms with E-state index in [9.17, 15) is 4.39 Å². The maximum atomic E-state index is 13.5. The maximum absolute atomic E-state index is 13.5. The standard InChI is InChI=1S/C32H26FN11O/c33-22-5-8-25(38-19-22)26-9-10-27-32(39-26)44(31(40-27)24-2-1-12-37-30(24)35)23-6-3-21(4-7-23)20-42-14-16-43(17-15-42)45-29-11-13-36-28(18-34)41-29/h1-13,19H,14-17,20H2,(H2,35,37). The predicted octanol–water partition coefficient (Wildman–Crippen LogP) is 4.04. The fourth-order valence-electron chi connectivity index (χ4n) is 5.23. The predicted molar refractivity (Wildman–Crippen MR) is 164 cm³/mol. The molecule has 0 unspecified atom stereocenters. The Labute approximate surface area is 257 Å². The van der Waals surface area contributed by atoms with Crippen LogP contribution in [0.3, 0.4) is 0 Å². The first-order valence-corrected chi connectivity index (χ1v) is 14.2. The third kappa shape index (κ3) is 5.87. The summed E-state index contributed by atoms with van der Waals surface area (Å²) in [4.78, 5) is 34.4. The van der Waals surface area contributed by atoms with E-state index in [0.717, 1.165) is 30.9 Å². The van der Waals surface area contributed by atoms with Crippen LogP contribution in [0.4, 0.5) is 10.2 Å². The van der Waals surface area contributed by atoms with E-state index < -0.39 is 5.82 Å². The van der Waals surface area contributed by atoms with Crippen molar-refractivity contribution < 1.29 is 9.23 Å². The molecule has 13 heteroatoms. The molecule has 2 N–H and O–H groups in total. The van der Waals surface area contributed by atoms with Crippen molar-refractivity contribution >= 4 is 17.0 Å². The smallest absolute Gasteiger partial charge is 0.242 e. The van der Waals surface area contributed by atoms with Crippen molar-refractivity contribution in [1.29, 1.82) is 5.26 Å². The second-order valence-corrected chi connectivity index (χ2v) is 10.4. The molecule has 0 amide bonds. The quantitative estimate of drug-likeness (QED) is 0.283. The highest BCUT2D eigenvalue weighted by atomic mass is 19.1. The highest BCUT2D eigenvalue weighted by molar-refractivity contribution is 5.84. The lowest BCUT2D eigenvalue weighted by atomic mass is 10.1. The van der Waals surface area contributed by atoms with Gasteiger partial charge in [0.1, 0.15) is 23.2 Å². The normalized spacial score (nSPS) is 14.0. The van der Waals surface area contributed by atoms with Crippen molar-refractivity contribution in [2.45, 2.75) is 6.54 Å². The molecule has 1 aliphatic rings. The van der Waals surface area contributed by atoms with Crippen LogP contribution in [-0.2, 0) is 6.54 Å². The van der Waals surface area contributed by atoms with Gasteiger partial charge in [-0.15, -0.1) is 5.06 Å². The number of halogens is 1. The molecule has 222 valence electrons. The van der Waals surface area contributed by atoms with E-state index in [-0.39, 0.29) is 5.82 Å². The molecule has 0 aliphatic carbocycles. The van der Waals surface area contributed by atoms with Gasteiger partial charge >= 0.3 is 0 Å². The second kappa shape index (κ2) is 12.0. The number of nitrogens with two attached hydrogens (primary N) is 1. The Hall–Kier alpha value is -5.84. The van der Waals surface area contributed by atoms with Gasteiger partial charge in [0.05, 0.1) is 23.1 Å².